The summed E-state index contributed by atoms with van der Waals surface area (Å²) in [5.74, 6) is -13.3. The minimum Gasteiger partial charge on any atom is -0.480 e. The Labute approximate surface area is 580 Å². The van der Waals surface area contributed by atoms with Gasteiger partial charge in [-0.3, -0.25) is 62.7 Å². The summed E-state index contributed by atoms with van der Waals surface area (Å²) in [5, 5.41) is 34.2. The lowest BCUT2D eigenvalue weighted by atomic mass is 9.96. The highest BCUT2D eigenvalue weighted by Gasteiger charge is 2.38. The number of primary amides is 2. The maximum absolute atomic E-state index is 14.8. The van der Waals surface area contributed by atoms with E-state index in [0.29, 0.717) is 24.0 Å². The summed E-state index contributed by atoms with van der Waals surface area (Å²) in [6, 6.07) is 10.1. The molecule has 0 radical (unpaired) electrons. The lowest BCUT2D eigenvalue weighted by Gasteiger charge is -2.30. The number of nitrogens with one attached hydrogen (secondary N) is 10. The SMILES string of the molecule is CC[C@H](C)[C@H](NC(=O)[C@H](CC(N)=O)NC(=O)[C@H](CCCN=C(N)N)NC(=O)[C@H](CCC(N)=O)NC(=O)[C@H](Cc1c[nH]c2ccccc12)NC(=O)[C@@H](N)Cc1ccccc1)C(=O)N[C@@H](Cc1ccccc1)C(=O)N[C@@H](CCCCN)C(=O)N[C@H](C(=O)N[C@@H](CCCN=C(N)N)C(=O)O)C(C)C. The van der Waals surface area contributed by atoms with Crippen LogP contribution in [0.5, 0.6) is 0 Å². The number of rotatable bonds is 45. The largest absolute Gasteiger partial charge is 0.480 e. The van der Waals surface area contributed by atoms with Crippen LogP contribution in [-0.4, -0.2) is 173 Å². The minimum atomic E-state index is -1.84. The van der Waals surface area contributed by atoms with E-state index in [-0.39, 0.29) is 89.3 Å². The zero-order valence-electron chi connectivity index (χ0n) is 57.0. The van der Waals surface area contributed by atoms with Crippen LogP contribution >= 0.6 is 0 Å². The van der Waals surface area contributed by atoms with Gasteiger partial charge < -0.3 is 104 Å². The summed E-state index contributed by atoms with van der Waals surface area (Å²) >= 11 is 0. The predicted molar refractivity (Wildman–Crippen MR) is 375 cm³/mol. The number of carbonyl (C=O) groups is 12. The standard InChI is InChI=1S/C67H100N20O13/c1-5-38(4)55(64(98)85-49(33-40-20-10-7-11-21-40)60(94)80-45(24-14-15-29-68)59(93)86-54(37(2)3)63(97)82-48(65(99)100)26-17-31-77-67(74)75)87-62(96)51(35-53(71)89)84-57(91)46(25-16-30-76-66(72)73)79-58(92)47(27-28-52(70)88)81-61(95)50(34-41-36-78-44-23-13-12-22-42(41)44)83-56(90)43(69)32-39-18-8-6-9-19-39/h6-13,18-23,36-38,43,45-51,54-55,78H,5,14-17,24-35,68-69H2,1-4H3,(H2,70,88)(H2,71,89)(H,79,92)(H,80,94)(H,81,95)(H,82,97)(H,83,90)(H,84,91)(H,85,98)(H,86,93)(H,87,96)(H,99,100)(H4,72,73,76)(H4,74,75,77)/t38-,43-,45-,46-,47-,48-,49-,50-,51-,54-,55-/m0/s1. The molecule has 1 aromatic heterocycles. The van der Waals surface area contributed by atoms with Crippen LogP contribution in [0.3, 0.4) is 0 Å². The first-order valence-electron chi connectivity index (χ1n) is 33.2. The molecule has 11 atom stereocenters. The summed E-state index contributed by atoms with van der Waals surface area (Å²) in [5.41, 5.74) is 48.0. The average molecular weight is 1390 g/mol. The van der Waals surface area contributed by atoms with E-state index in [1.54, 1.807) is 107 Å². The number of guanidine groups is 2. The lowest BCUT2D eigenvalue weighted by molar-refractivity contribution is -0.143. The van der Waals surface area contributed by atoms with Crippen LogP contribution in [-0.2, 0) is 76.8 Å². The Balaban J connectivity index is 1.64. The highest BCUT2D eigenvalue weighted by Crippen LogP contribution is 2.21. The highest BCUT2D eigenvalue weighted by molar-refractivity contribution is 6.00. The number of aliphatic imine (C=N–C) groups is 2. The van der Waals surface area contributed by atoms with Gasteiger partial charge >= 0.3 is 5.97 Å². The molecule has 0 aliphatic rings. The zero-order valence-corrected chi connectivity index (χ0v) is 57.0. The van der Waals surface area contributed by atoms with Crippen molar-refractivity contribution in [3.63, 3.8) is 0 Å². The number of hydrogen-bond acceptors (Lipinski definition) is 16. The molecular formula is C67H100N20O13. The second-order valence-electron chi connectivity index (χ2n) is 24.8. The van der Waals surface area contributed by atoms with Crippen molar-refractivity contribution in [3.8, 4) is 0 Å². The third kappa shape index (κ3) is 28.4. The van der Waals surface area contributed by atoms with E-state index < -0.39 is 162 Å². The van der Waals surface area contributed by atoms with Crippen molar-refractivity contribution < 1.29 is 62.6 Å². The topological polar surface area (TPSA) is 582 Å². The number of H-pyrrole nitrogens is 1. The van der Waals surface area contributed by atoms with E-state index in [1.165, 1.54) is 0 Å². The first-order valence-corrected chi connectivity index (χ1v) is 33.2. The van der Waals surface area contributed by atoms with Crippen LogP contribution in [0, 0.1) is 11.8 Å². The summed E-state index contributed by atoms with van der Waals surface area (Å²) in [6.07, 6.45) is 0.634. The number of carboxylic acid groups (broad SMARTS) is 1. The molecule has 546 valence electrons. The normalized spacial score (nSPS) is 14.4. The van der Waals surface area contributed by atoms with Gasteiger partial charge in [-0.2, -0.15) is 0 Å². The number of carbonyl (C=O) groups excluding carboxylic acids is 11. The third-order valence-corrected chi connectivity index (χ3v) is 16.4. The molecule has 11 amide bonds. The number of hydrogen-bond donors (Lipinski definition) is 19. The van der Waals surface area contributed by atoms with E-state index in [2.05, 4.69) is 62.8 Å². The number of amides is 11. The summed E-state index contributed by atoms with van der Waals surface area (Å²) in [6.45, 7) is 6.80. The molecule has 33 nitrogen and oxygen atoms in total. The molecule has 0 aliphatic carbocycles. The molecule has 3 aromatic carbocycles. The number of fused-ring (bicyclic) bond motifs is 1. The second kappa shape index (κ2) is 42.2. The maximum Gasteiger partial charge on any atom is 0.326 e. The van der Waals surface area contributed by atoms with E-state index >= 15 is 0 Å². The van der Waals surface area contributed by atoms with Gasteiger partial charge in [-0.05, 0) is 98.9 Å². The highest BCUT2D eigenvalue weighted by atomic mass is 16.4. The number of nitrogens with zero attached hydrogens (tertiary/aromatic N) is 2. The van der Waals surface area contributed by atoms with Gasteiger partial charge in [0.05, 0.1) is 12.5 Å². The van der Waals surface area contributed by atoms with Crippen LogP contribution in [0.15, 0.2) is 101 Å². The van der Waals surface area contributed by atoms with E-state index in [0.717, 1.165) is 16.5 Å². The van der Waals surface area contributed by atoms with Crippen molar-refractivity contribution in [2.24, 2.45) is 67.7 Å². The molecule has 4 aromatic rings. The summed E-state index contributed by atoms with van der Waals surface area (Å²) in [4.78, 5) is 178. The van der Waals surface area contributed by atoms with Crippen molar-refractivity contribution in [1.82, 2.24) is 52.8 Å². The predicted octanol–water partition coefficient (Wildman–Crippen LogP) is -2.95. The first-order chi connectivity index (χ1) is 47.5. The smallest absolute Gasteiger partial charge is 0.326 e. The molecule has 0 spiro atoms. The van der Waals surface area contributed by atoms with E-state index in [4.69, 9.17) is 45.9 Å². The van der Waals surface area contributed by atoms with E-state index in [9.17, 15) is 62.6 Å². The third-order valence-electron chi connectivity index (χ3n) is 16.4. The summed E-state index contributed by atoms with van der Waals surface area (Å²) < 4.78 is 0. The van der Waals surface area contributed by atoms with Gasteiger partial charge in [0, 0.05) is 49.5 Å². The van der Waals surface area contributed by atoms with Crippen molar-refractivity contribution in [2.75, 3.05) is 19.6 Å². The lowest BCUT2D eigenvalue weighted by Crippen LogP contribution is -2.62. The Kier molecular flexibility index (Phi) is 34.5. The van der Waals surface area contributed by atoms with Gasteiger partial charge in [-0.1, -0.05) is 113 Å². The van der Waals surface area contributed by atoms with Crippen molar-refractivity contribution in [3.05, 3.63) is 108 Å². The average Bonchev–Trinajstić information content (AvgIpc) is 1.59. The monoisotopic (exact) mass is 1390 g/mol. The molecular weight excluding hydrogens is 1290 g/mol. The fourth-order valence-electron chi connectivity index (χ4n) is 10.6. The van der Waals surface area contributed by atoms with E-state index in [1.807, 2.05) is 12.1 Å². The van der Waals surface area contributed by atoms with Crippen molar-refractivity contribution >= 4 is 93.8 Å². The molecule has 0 unspecified atom stereocenters. The molecule has 0 saturated carbocycles. The summed E-state index contributed by atoms with van der Waals surface area (Å²) in [7, 11) is 0. The molecule has 0 aliphatic heterocycles. The Morgan fingerprint density at radius 3 is 1.41 bits per heavy atom. The number of nitrogens with two attached hydrogens (primary N) is 8. The van der Waals surface area contributed by atoms with Gasteiger partial charge in [0.15, 0.2) is 11.9 Å². The Bertz CT molecular complexity index is 3450. The number of aromatic nitrogens is 1. The van der Waals surface area contributed by atoms with Crippen LogP contribution in [0.2, 0.25) is 0 Å². The zero-order chi connectivity index (χ0) is 74.0. The van der Waals surface area contributed by atoms with Gasteiger partial charge in [0.25, 0.3) is 0 Å². The molecule has 33 heteroatoms. The van der Waals surface area contributed by atoms with Crippen LogP contribution in [0.4, 0.5) is 0 Å². The van der Waals surface area contributed by atoms with Gasteiger partial charge in [0.1, 0.15) is 54.4 Å². The molecule has 1 heterocycles. The van der Waals surface area contributed by atoms with Gasteiger partial charge in [0.2, 0.25) is 65.0 Å². The number of carboxylic acids is 1. The van der Waals surface area contributed by atoms with Crippen LogP contribution < -0.4 is 93.7 Å². The van der Waals surface area contributed by atoms with Gasteiger partial charge in [-0.15, -0.1) is 0 Å². The molecule has 0 fully saturated rings. The molecule has 4 rings (SSSR count). The van der Waals surface area contributed by atoms with Crippen LogP contribution in [0.1, 0.15) is 115 Å². The molecule has 100 heavy (non-hydrogen) atoms. The second-order valence-corrected chi connectivity index (χ2v) is 24.8. The Morgan fingerprint density at radius 2 is 0.890 bits per heavy atom. The Morgan fingerprint density at radius 1 is 0.460 bits per heavy atom. The quantitative estimate of drug-likeness (QED) is 0.0120. The number of aromatic amines is 1. The minimum absolute atomic E-state index is 0.00208. The Hall–Kier alpha value is -10.7. The van der Waals surface area contributed by atoms with Crippen LogP contribution in [0.25, 0.3) is 10.9 Å². The fraction of sp³-hybridized carbons (Fsp3) is 0.493. The number of aliphatic carboxylic acids is 1. The molecule has 27 N–H and O–H groups in total. The first kappa shape index (κ1) is 81.7. The number of unbranched alkanes of at least 4 members (excludes halogenated alkanes) is 1. The fourth-order valence-corrected chi connectivity index (χ4v) is 10.6. The molecule has 0 saturated heterocycles. The maximum atomic E-state index is 14.8. The van der Waals surface area contributed by atoms with Crippen molar-refractivity contribution in [2.45, 2.75) is 178 Å². The number of para-hydroxylation sites is 1. The molecule has 0 bridgehead atoms. The van der Waals surface area contributed by atoms with Gasteiger partial charge in [-0.25, -0.2) is 4.79 Å². The number of benzene rings is 3. The van der Waals surface area contributed by atoms with Crippen molar-refractivity contribution in [1.29, 1.82) is 0 Å².